The summed E-state index contributed by atoms with van der Waals surface area (Å²) in [4.78, 5) is 54.6. The van der Waals surface area contributed by atoms with Crippen LogP contribution in [0.2, 0.25) is 0 Å². The summed E-state index contributed by atoms with van der Waals surface area (Å²) in [7, 11) is 4.53. The SMILES string of the molecule is COc1nc(-c2cccc(-c3cccc(NC(=O)c4cn(C)c(=O)n(C)c4=O)c3C)c2C)cc2c1[C@H](CC[C@@H]1CCC(=O)N1)CC2. The molecule has 0 radical (unpaired) electrons. The van der Waals surface area contributed by atoms with Crippen molar-refractivity contribution in [1.29, 1.82) is 0 Å². The number of nitrogens with zero attached hydrogens (tertiary/aromatic N) is 3. The average Bonchev–Trinajstić information content (AvgIpc) is 3.66. The summed E-state index contributed by atoms with van der Waals surface area (Å²) in [6.07, 6.45) is 6.75. The summed E-state index contributed by atoms with van der Waals surface area (Å²) in [6.45, 7) is 4.01. The van der Waals surface area contributed by atoms with E-state index in [1.54, 1.807) is 13.2 Å². The van der Waals surface area contributed by atoms with Crippen molar-refractivity contribution >= 4 is 17.5 Å². The molecular weight excluding hydrogens is 582 g/mol. The topological polar surface area (TPSA) is 124 Å². The second-order valence-corrected chi connectivity index (χ2v) is 12.4. The molecule has 1 fully saturated rings. The van der Waals surface area contributed by atoms with Gasteiger partial charge in [-0.05, 0) is 91.8 Å². The Morgan fingerprint density at radius 2 is 1.70 bits per heavy atom. The Labute approximate surface area is 267 Å². The minimum Gasteiger partial charge on any atom is -0.481 e. The average molecular weight is 622 g/mol. The van der Waals surface area contributed by atoms with Gasteiger partial charge >= 0.3 is 5.69 Å². The maximum absolute atomic E-state index is 13.2. The van der Waals surface area contributed by atoms with E-state index in [1.165, 1.54) is 36.0 Å². The molecule has 0 unspecified atom stereocenters. The molecule has 10 nitrogen and oxygen atoms in total. The number of hydrogen-bond acceptors (Lipinski definition) is 6. The third kappa shape index (κ3) is 5.63. The molecule has 3 heterocycles. The predicted octanol–water partition coefficient (Wildman–Crippen LogP) is 4.78. The lowest BCUT2D eigenvalue weighted by Gasteiger charge is -2.19. The molecule has 6 rings (SSSR count). The Morgan fingerprint density at radius 3 is 2.41 bits per heavy atom. The summed E-state index contributed by atoms with van der Waals surface area (Å²) >= 11 is 0. The molecule has 2 N–H and O–H groups in total. The molecule has 10 heteroatoms. The molecule has 2 atom stereocenters. The molecule has 2 aromatic carbocycles. The van der Waals surface area contributed by atoms with Gasteiger partial charge in [-0.1, -0.05) is 30.3 Å². The summed E-state index contributed by atoms with van der Waals surface area (Å²) in [5, 5.41) is 5.96. The van der Waals surface area contributed by atoms with Gasteiger partial charge in [0.15, 0.2) is 0 Å². The van der Waals surface area contributed by atoms with E-state index in [-0.39, 0.29) is 17.5 Å². The fourth-order valence-electron chi connectivity index (χ4n) is 7.00. The zero-order valence-corrected chi connectivity index (χ0v) is 26.9. The first-order chi connectivity index (χ1) is 22.1. The summed E-state index contributed by atoms with van der Waals surface area (Å²) in [5.74, 6) is 0.597. The normalized spacial score (nSPS) is 17.1. The van der Waals surface area contributed by atoms with Crippen LogP contribution in [0.15, 0.2) is 58.3 Å². The van der Waals surface area contributed by atoms with Crippen molar-refractivity contribution in [1.82, 2.24) is 19.4 Å². The molecule has 46 heavy (non-hydrogen) atoms. The van der Waals surface area contributed by atoms with Crippen LogP contribution in [0.25, 0.3) is 22.4 Å². The van der Waals surface area contributed by atoms with Crippen LogP contribution < -0.4 is 26.6 Å². The van der Waals surface area contributed by atoms with E-state index in [4.69, 9.17) is 9.72 Å². The molecule has 238 valence electrons. The molecule has 0 bridgehead atoms. The second kappa shape index (κ2) is 12.4. The highest BCUT2D eigenvalue weighted by molar-refractivity contribution is 6.04. The van der Waals surface area contributed by atoms with Crippen molar-refractivity contribution in [3.05, 3.63) is 97.3 Å². The van der Waals surface area contributed by atoms with Gasteiger partial charge in [0.05, 0.1) is 12.8 Å². The molecule has 0 saturated carbocycles. The Morgan fingerprint density at radius 1 is 0.978 bits per heavy atom. The molecule has 0 spiro atoms. The number of carbonyl (C=O) groups excluding carboxylic acids is 2. The maximum Gasteiger partial charge on any atom is 0.330 e. The van der Waals surface area contributed by atoms with Gasteiger partial charge in [0, 0.05) is 49.6 Å². The molecule has 2 aliphatic rings. The smallest absolute Gasteiger partial charge is 0.330 e. The van der Waals surface area contributed by atoms with E-state index in [0.717, 1.165) is 70.2 Å². The number of methoxy groups -OCH3 is 1. The predicted molar refractivity (Wildman–Crippen MR) is 177 cm³/mol. The zero-order chi connectivity index (χ0) is 32.7. The van der Waals surface area contributed by atoms with Crippen molar-refractivity contribution in [3.8, 4) is 28.3 Å². The lowest BCUT2D eigenvalue weighted by molar-refractivity contribution is -0.119. The fraction of sp³-hybridized carbons (Fsp3) is 0.361. The Kier molecular flexibility index (Phi) is 8.37. The van der Waals surface area contributed by atoms with Crippen molar-refractivity contribution in [2.45, 2.75) is 64.3 Å². The van der Waals surface area contributed by atoms with Crippen molar-refractivity contribution in [2.75, 3.05) is 12.4 Å². The third-order valence-corrected chi connectivity index (χ3v) is 9.59. The van der Waals surface area contributed by atoms with Gasteiger partial charge in [0.1, 0.15) is 5.56 Å². The first kappa shape index (κ1) is 31.0. The van der Waals surface area contributed by atoms with Gasteiger partial charge in [-0.3, -0.25) is 19.0 Å². The van der Waals surface area contributed by atoms with Crippen LogP contribution >= 0.6 is 0 Å². The standard InChI is InChI=1S/C36H39N5O5/c1-20-25(26-9-7-11-29(21(26)2)38-33(43)28-19-40(3)36(45)41(4)35(28)44)8-6-10-27(20)30-18-23-13-12-22(32(23)34(39-30)46-5)14-15-24-16-17-31(42)37-24/h6-11,18-19,22,24H,12-17H2,1-5H3,(H,37,42)(H,38,43)/t22-,24+/m0/s1. The van der Waals surface area contributed by atoms with Crippen LogP contribution in [-0.2, 0) is 25.3 Å². The number of ether oxygens (including phenoxy) is 1. The number of nitrogens with one attached hydrogen (secondary N) is 2. The van der Waals surface area contributed by atoms with E-state index in [0.29, 0.717) is 23.9 Å². The first-order valence-corrected chi connectivity index (χ1v) is 15.7. The number of carbonyl (C=O) groups is 2. The number of rotatable bonds is 8. The number of aromatic nitrogens is 3. The minimum atomic E-state index is -0.649. The second-order valence-electron chi connectivity index (χ2n) is 12.4. The van der Waals surface area contributed by atoms with Gasteiger partial charge < -0.3 is 19.9 Å². The lowest BCUT2D eigenvalue weighted by Crippen LogP contribution is -2.40. The van der Waals surface area contributed by atoms with Crippen molar-refractivity contribution in [3.63, 3.8) is 0 Å². The number of amides is 2. The van der Waals surface area contributed by atoms with Crippen molar-refractivity contribution < 1.29 is 14.3 Å². The van der Waals surface area contributed by atoms with E-state index >= 15 is 0 Å². The van der Waals surface area contributed by atoms with Crippen LogP contribution in [0.5, 0.6) is 5.88 Å². The fourth-order valence-corrected chi connectivity index (χ4v) is 7.00. The molecule has 1 aliphatic heterocycles. The highest BCUT2D eigenvalue weighted by Crippen LogP contribution is 2.44. The third-order valence-electron chi connectivity index (χ3n) is 9.59. The van der Waals surface area contributed by atoms with Crippen LogP contribution in [0, 0.1) is 13.8 Å². The summed E-state index contributed by atoms with van der Waals surface area (Å²) < 4.78 is 8.01. The Balaban J connectivity index is 1.29. The first-order valence-electron chi connectivity index (χ1n) is 15.7. The number of fused-ring (bicyclic) bond motifs is 1. The quantitative estimate of drug-likeness (QED) is 0.292. The van der Waals surface area contributed by atoms with E-state index < -0.39 is 17.2 Å². The largest absolute Gasteiger partial charge is 0.481 e. The van der Waals surface area contributed by atoms with Crippen LogP contribution in [0.1, 0.15) is 70.6 Å². The molecule has 1 saturated heterocycles. The molecule has 2 amide bonds. The van der Waals surface area contributed by atoms with Gasteiger partial charge in [-0.25, -0.2) is 9.78 Å². The van der Waals surface area contributed by atoms with Crippen LogP contribution in [-0.4, -0.2) is 39.1 Å². The molecular formula is C36H39N5O5. The highest BCUT2D eigenvalue weighted by Gasteiger charge is 2.30. The van der Waals surface area contributed by atoms with E-state index in [1.807, 2.05) is 25.1 Å². The summed E-state index contributed by atoms with van der Waals surface area (Å²) in [5.41, 5.74) is 7.45. The number of hydrogen-bond donors (Lipinski definition) is 2. The number of benzene rings is 2. The monoisotopic (exact) mass is 621 g/mol. The Hall–Kier alpha value is -4.99. The zero-order valence-electron chi connectivity index (χ0n) is 26.9. The summed E-state index contributed by atoms with van der Waals surface area (Å²) in [6, 6.07) is 14.3. The van der Waals surface area contributed by atoms with E-state index in [9.17, 15) is 19.2 Å². The van der Waals surface area contributed by atoms with Gasteiger partial charge in [-0.2, -0.15) is 0 Å². The van der Waals surface area contributed by atoms with Gasteiger partial charge in [-0.15, -0.1) is 0 Å². The van der Waals surface area contributed by atoms with Crippen LogP contribution in [0.4, 0.5) is 5.69 Å². The number of aryl methyl sites for hydroxylation is 2. The molecule has 4 aromatic rings. The van der Waals surface area contributed by atoms with Gasteiger partial charge in [0.25, 0.3) is 11.5 Å². The highest BCUT2D eigenvalue weighted by atomic mass is 16.5. The van der Waals surface area contributed by atoms with E-state index in [2.05, 4.69) is 35.8 Å². The number of anilines is 1. The van der Waals surface area contributed by atoms with Crippen molar-refractivity contribution in [2.24, 2.45) is 14.1 Å². The van der Waals surface area contributed by atoms with Gasteiger partial charge in [0.2, 0.25) is 11.8 Å². The lowest BCUT2D eigenvalue weighted by atomic mass is 9.90. The maximum atomic E-state index is 13.2. The molecule has 2 aromatic heterocycles. The molecule has 1 aliphatic carbocycles. The van der Waals surface area contributed by atoms with Crippen LogP contribution in [0.3, 0.4) is 0 Å². The minimum absolute atomic E-state index is 0.114. The Bertz CT molecular complexity index is 1990. The number of pyridine rings is 1.